The molecule has 2 aromatic carbocycles. The fourth-order valence-electron chi connectivity index (χ4n) is 4.12. The Kier molecular flexibility index (Phi) is 5.32. The predicted molar refractivity (Wildman–Crippen MR) is 115 cm³/mol. The van der Waals surface area contributed by atoms with Crippen LogP contribution in [0.2, 0.25) is 0 Å². The Labute approximate surface area is 177 Å². The van der Waals surface area contributed by atoms with E-state index in [4.69, 9.17) is 4.74 Å². The number of hydrogen-bond donors (Lipinski definition) is 1. The largest absolute Gasteiger partial charge is 0.489 e. The molecule has 158 valence electrons. The quantitative estimate of drug-likeness (QED) is 0.794. The molecule has 2 heterocycles. The Morgan fingerprint density at radius 2 is 1.90 bits per heavy atom. The number of amides is 1. The summed E-state index contributed by atoms with van der Waals surface area (Å²) in [6.45, 7) is 7.05. The van der Waals surface area contributed by atoms with Crippen molar-refractivity contribution < 1.29 is 17.9 Å². The summed E-state index contributed by atoms with van der Waals surface area (Å²) in [4.78, 5) is 15.2. The number of nitrogens with one attached hydrogen (secondary N) is 1. The lowest BCUT2D eigenvalue weighted by atomic mass is 9.98. The zero-order valence-electron chi connectivity index (χ0n) is 17.2. The Morgan fingerprint density at radius 3 is 2.57 bits per heavy atom. The maximum absolute atomic E-state index is 13.0. The normalized spacial score (nSPS) is 21.3. The fourth-order valence-corrected chi connectivity index (χ4v) is 4.75. The molecule has 1 saturated heterocycles. The predicted octanol–water partition coefficient (Wildman–Crippen LogP) is 3.28. The van der Waals surface area contributed by atoms with Crippen LogP contribution < -0.4 is 10.1 Å². The smallest absolute Gasteiger partial charge is 0.255 e. The summed E-state index contributed by atoms with van der Waals surface area (Å²) in [6.07, 6.45) is 3.08. The van der Waals surface area contributed by atoms with Gasteiger partial charge in [-0.15, -0.1) is 0 Å². The lowest BCUT2D eigenvalue weighted by Gasteiger charge is -2.36. The van der Waals surface area contributed by atoms with E-state index in [1.54, 1.807) is 24.3 Å². The number of fused-ring (bicyclic) bond motifs is 1. The van der Waals surface area contributed by atoms with Crippen molar-refractivity contribution in [2.75, 3.05) is 6.26 Å². The van der Waals surface area contributed by atoms with Crippen molar-refractivity contribution in [2.24, 2.45) is 0 Å². The second-order valence-electron chi connectivity index (χ2n) is 8.08. The van der Waals surface area contributed by atoms with Gasteiger partial charge in [-0.1, -0.05) is 24.8 Å². The average Bonchev–Trinajstić information content (AvgIpc) is 3.03. The minimum Gasteiger partial charge on any atom is -0.489 e. The van der Waals surface area contributed by atoms with Crippen LogP contribution >= 0.6 is 0 Å². The van der Waals surface area contributed by atoms with Crippen molar-refractivity contribution in [1.29, 1.82) is 0 Å². The molecule has 1 amide bonds. The van der Waals surface area contributed by atoms with Gasteiger partial charge in [0.2, 0.25) is 0 Å². The number of hydrogen-bond acceptors (Lipinski definition) is 5. The zero-order chi connectivity index (χ0) is 21.5. The molecule has 2 aliphatic rings. The number of sulfone groups is 1. The van der Waals surface area contributed by atoms with E-state index < -0.39 is 9.84 Å². The second kappa shape index (κ2) is 7.80. The van der Waals surface area contributed by atoms with Crippen molar-refractivity contribution in [3.8, 4) is 5.75 Å². The third-order valence-corrected chi connectivity index (χ3v) is 6.91. The van der Waals surface area contributed by atoms with Gasteiger partial charge in [0.1, 0.15) is 12.4 Å². The second-order valence-corrected chi connectivity index (χ2v) is 10.1. The average molecular weight is 427 g/mol. The van der Waals surface area contributed by atoms with Crippen LogP contribution in [0.4, 0.5) is 0 Å². The third-order valence-electron chi connectivity index (χ3n) is 5.78. The van der Waals surface area contributed by atoms with E-state index >= 15 is 0 Å². The van der Waals surface area contributed by atoms with Crippen LogP contribution in [-0.2, 0) is 23.0 Å². The first-order valence-electron chi connectivity index (χ1n) is 10.0. The summed E-state index contributed by atoms with van der Waals surface area (Å²) in [5.41, 5.74) is 3.32. The van der Waals surface area contributed by atoms with E-state index in [0.717, 1.165) is 29.7 Å². The minimum atomic E-state index is -3.22. The van der Waals surface area contributed by atoms with Gasteiger partial charge in [0.25, 0.3) is 5.91 Å². The molecular weight excluding hydrogens is 400 g/mol. The van der Waals surface area contributed by atoms with Crippen LogP contribution in [0.5, 0.6) is 5.75 Å². The molecule has 0 bridgehead atoms. The molecule has 1 fully saturated rings. The van der Waals surface area contributed by atoms with Gasteiger partial charge in [0.15, 0.2) is 9.84 Å². The Balaban J connectivity index is 1.50. The van der Waals surface area contributed by atoms with Crippen molar-refractivity contribution in [3.05, 3.63) is 71.4 Å². The number of benzene rings is 2. The molecule has 4 rings (SSSR count). The molecule has 2 aliphatic heterocycles. The number of rotatable bonds is 5. The molecule has 0 aromatic heterocycles. The molecule has 2 atom stereocenters. The Hall–Kier alpha value is -2.80. The number of piperidine rings is 1. The van der Waals surface area contributed by atoms with Gasteiger partial charge >= 0.3 is 0 Å². The lowest BCUT2D eigenvalue weighted by molar-refractivity contribution is 0.0698. The van der Waals surface area contributed by atoms with Gasteiger partial charge in [-0.2, -0.15) is 0 Å². The summed E-state index contributed by atoms with van der Waals surface area (Å²) >= 11 is 0. The van der Waals surface area contributed by atoms with E-state index in [9.17, 15) is 13.2 Å². The molecule has 0 radical (unpaired) electrons. The first kappa shape index (κ1) is 20.5. The van der Waals surface area contributed by atoms with Crippen LogP contribution in [0.3, 0.4) is 0 Å². The minimum absolute atomic E-state index is 0.00968. The summed E-state index contributed by atoms with van der Waals surface area (Å²) in [5.74, 6) is 0.689. The molecule has 0 spiro atoms. The molecule has 0 aliphatic carbocycles. The van der Waals surface area contributed by atoms with Crippen LogP contribution in [0.25, 0.3) is 0 Å². The van der Waals surface area contributed by atoms with Gasteiger partial charge in [-0.3, -0.25) is 4.79 Å². The van der Waals surface area contributed by atoms with Gasteiger partial charge < -0.3 is 15.0 Å². The van der Waals surface area contributed by atoms with Crippen molar-refractivity contribution in [2.45, 2.75) is 49.9 Å². The lowest BCUT2D eigenvalue weighted by Crippen LogP contribution is -2.46. The highest BCUT2D eigenvalue weighted by Gasteiger charge is 2.37. The first-order chi connectivity index (χ1) is 14.2. The number of carbonyl (C=O) groups is 1. The maximum Gasteiger partial charge on any atom is 0.255 e. The van der Waals surface area contributed by atoms with Crippen LogP contribution in [0.1, 0.15) is 41.3 Å². The van der Waals surface area contributed by atoms with E-state index in [-0.39, 0.29) is 16.8 Å². The molecule has 2 unspecified atom stereocenters. The van der Waals surface area contributed by atoms with Gasteiger partial charge in [-0.05, 0) is 49.6 Å². The van der Waals surface area contributed by atoms with E-state index in [1.807, 2.05) is 23.1 Å². The topological polar surface area (TPSA) is 75.7 Å². The van der Waals surface area contributed by atoms with Gasteiger partial charge in [0.05, 0.1) is 17.5 Å². The molecular formula is C23H26N2O4S. The van der Waals surface area contributed by atoms with Crippen molar-refractivity contribution in [1.82, 2.24) is 10.2 Å². The number of nitrogens with zero attached hydrogens (tertiary/aromatic N) is 1. The van der Waals surface area contributed by atoms with Gasteiger partial charge in [-0.25, -0.2) is 8.42 Å². The zero-order valence-corrected chi connectivity index (χ0v) is 18.0. The summed E-state index contributed by atoms with van der Waals surface area (Å²) in [7, 11) is -3.22. The molecule has 1 N–H and O–H groups in total. The molecule has 6 nitrogen and oxygen atoms in total. The molecule has 0 saturated carbocycles. The number of carbonyl (C=O) groups excluding carboxylic acids is 1. The molecule has 30 heavy (non-hydrogen) atoms. The SMILES string of the molecule is C=C1NC(C)CCC1N1Cc2c(OCc3ccc(S(C)(=O)=O)cc3)cccc2C1=O. The van der Waals surface area contributed by atoms with E-state index in [1.165, 1.54) is 6.26 Å². The Bertz CT molecular complexity index is 1090. The van der Waals surface area contributed by atoms with Crippen LogP contribution in [0.15, 0.2) is 59.6 Å². The maximum atomic E-state index is 13.0. The van der Waals surface area contributed by atoms with Crippen LogP contribution in [-0.4, -0.2) is 37.6 Å². The Morgan fingerprint density at radius 1 is 1.17 bits per heavy atom. The summed E-state index contributed by atoms with van der Waals surface area (Å²) < 4.78 is 29.2. The summed E-state index contributed by atoms with van der Waals surface area (Å²) in [6, 6.07) is 12.6. The third kappa shape index (κ3) is 3.94. The monoisotopic (exact) mass is 426 g/mol. The van der Waals surface area contributed by atoms with Gasteiger partial charge in [0, 0.05) is 29.1 Å². The summed E-state index contributed by atoms with van der Waals surface area (Å²) in [5, 5.41) is 3.37. The number of ether oxygens (including phenoxy) is 1. The first-order valence-corrected chi connectivity index (χ1v) is 11.9. The van der Waals surface area contributed by atoms with E-state index in [2.05, 4.69) is 18.8 Å². The molecule has 7 heteroatoms. The highest BCUT2D eigenvalue weighted by Crippen LogP contribution is 2.35. The van der Waals surface area contributed by atoms with Crippen LogP contribution in [0, 0.1) is 0 Å². The van der Waals surface area contributed by atoms with E-state index in [0.29, 0.717) is 30.5 Å². The molecule has 2 aromatic rings. The highest BCUT2D eigenvalue weighted by atomic mass is 32.2. The standard InChI is InChI=1S/C23H26N2O4S/c1-15-7-12-21(16(2)24-15)25-13-20-19(23(25)26)5-4-6-22(20)29-14-17-8-10-18(11-9-17)30(3,27)28/h4-6,8-11,15,21,24H,2,7,12-14H2,1,3H3. The highest BCUT2D eigenvalue weighted by molar-refractivity contribution is 7.90. The van der Waals surface area contributed by atoms with Crippen molar-refractivity contribution in [3.63, 3.8) is 0 Å². The van der Waals surface area contributed by atoms with Crippen molar-refractivity contribution >= 4 is 15.7 Å². The fraction of sp³-hybridized carbons (Fsp3) is 0.348.